The van der Waals surface area contributed by atoms with Crippen LogP contribution in [0.5, 0.6) is 0 Å². The molecule has 0 saturated heterocycles. The van der Waals surface area contributed by atoms with E-state index in [4.69, 9.17) is 0 Å². The third-order valence-corrected chi connectivity index (χ3v) is 0.780. The van der Waals surface area contributed by atoms with Gasteiger partial charge in [0.15, 0.2) is 0 Å². The summed E-state index contributed by atoms with van der Waals surface area (Å²) >= 11 is 0. The summed E-state index contributed by atoms with van der Waals surface area (Å²) in [6.07, 6.45) is 2.87. The molecule has 44 valence electrons. The Kier molecular flexibility index (Phi) is 1.56. The lowest BCUT2D eigenvalue weighted by molar-refractivity contribution is 0.426. The molecule has 0 aliphatic rings. The molecule has 4 heteroatoms. The zero-order valence-electron chi connectivity index (χ0n) is 4.29. The Labute approximate surface area is 46.2 Å². The molecule has 1 rings (SSSR count). The minimum atomic E-state index is -0.386. The molecule has 0 saturated carbocycles. The van der Waals surface area contributed by atoms with Gasteiger partial charge in [-0.1, -0.05) is 0 Å². The molecule has 0 fully saturated rings. The normalized spacial score (nSPS) is 9.62. The lowest BCUT2D eigenvalue weighted by atomic mass is 10.7. The van der Waals surface area contributed by atoms with E-state index in [1.165, 1.54) is 17.3 Å². The lowest BCUT2D eigenvalue weighted by Gasteiger charge is -1.89. The number of hydrogen-bond acceptors (Lipinski definition) is 2. The van der Waals surface area contributed by atoms with Crippen molar-refractivity contribution in [2.75, 3.05) is 6.67 Å². The summed E-state index contributed by atoms with van der Waals surface area (Å²) in [7, 11) is 0. The Bertz CT molecular complexity index is 137. The first-order valence-corrected chi connectivity index (χ1v) is 2.32. The van der Waals surface area contributed by atoms with Crippen LogP contribution in [-0.4, -0.2) is 21.4 Å². The van der Waals surface area contributed by atoms with Crippen molar-refractivity contribution in [3.63, 3.8) is 0 Å². The molecule has 1 heterocycles. The van der Waals surface area contributed by atoms with Gasteiger partial charge in [0, 0.05) is 0 Å². The minimum Gasteiger partial charge on any atom is -0.250 e. The van der Waals surface area contributed by atoms with Gasteiger partial charge in [-0.2, -0.15) is 5.10 Å². The number of hydrogen-bond donors (Lipinski definition) is 0. The molecule has 0 unspecified atom stereocenters. The van der Waals surface area contributed by atoms with Crippen LogP contribution in [-0.2, 0) is 6.54 Å². The van der Waals surface area contributed by atoms with Crippen LogP contribution >= 0.6 is 0 Å². The van der Waals surface area contributed by atoms with Gasteiger partial charge in [0.25, 0.3) is 0 Å². The largest absolute Gasteiger partial charge is 0.250 e. The van der Waals surface area contributed by atoms with Crippen molar-refractivity contribution in [3.8, 4) is 0 Å². The molecule has 3 nitrogen and oxygen atoms in total. The number of halogens is 1. The van der Waals surface area contributed by atoms with Crippen molar-refractivity contribution in [2.45, 2.75) is 6.54 Å². The predicted molar refractivity (Wildman–Crippen MR) is 26.0 cm³/mol. The Morgan fingerprint density at radius 3 is 3.00 bits per heavy atom. The summed E-state index contributed by atoms with van der Waals surface area (Å²) in [4.78, 5) is 3.63. The van der Waals surface area contributed by atoms with E-state index in [1.54, 1.807) is 0 Å². The van der Waals surface area contributed by atoms with Crippen LogP contribution in [0, 0.1) is 0 Å². The smallest absolute Gasteiger partial charge is 0.137 e. The van der Waals surface area contributed by atoms with Gasteiger partial charge in [-0.3, -0.25) is 4.68 Å². The molecule has 0 spiro atoms. The monoisotopic (exact) mass is 115 g/mol. The number of aromatic nitrogens is 3. The fraction of sp³-hybridized carbons (Fsp3) is 0.500. The van der Waals surface area contributed by atoms with Crippen LogP contribution in [0.4, 0.5) is 4.39 Å². The third kappa shape index (κ3) is 1.02. The van der Waals surface area contributed by atoms with Gasteiger partial charge >= 0.3 is 0 Å². The zero-order chi connectivity index (χ0) is 5.82. The predicted octanol–water partition coefficient (Wildman–Crippen LogP) is 0.248. The third-order valence-electron chi connectivity index (χ3n) is 0.780. The maximum atomic E-state index is 11.5. The average molecular weight is 115 g/mol. The first-order valence-electron chi connectivity index (χ1n) is 2.32. The Hall–Kier alpha value is -0.930. The van der Waals surface area contributed by atoms with Gasteiger partial charge in [0.2, 0.25) is 0 Å². The van der Waals surface area contributed by atoms with E-state index in [1.807, 2.05) is 0 Å². The molecule has 0 aromatic carbocycles. The first-order chi connectivity index (χ1) is 3.93. The minimum absolute atomic E-state index is 0.306. The molecule has 1 aromatic rings. The Morgan fingerprint density at radius 2 is 2.50 bits per heavy atom. The molecule has 0 amide bonds. The highest BCUT2D eigenvalue weighted by molar-refractivity contribution is 4.54. The molecule has 8 heavy (non-hydrogen) atoms. The Balaban J connectivity index is 2.50. The van der Waals surface area contributed by atoms with E-state index in [9.17, 15) is 4.39 Å². The number of nitrogens with zero attached hydrogens (tertiary/aromatic N) is 3. The van der Waals surface area contributed by atoms with Crippen molar-refractivity contribution in [1.29, 1.82) is 0 Å². The maximum absolute atomic E-state index is 11.5. The molecule has 0 atom stereocenters. The number of alkyl halides is 1. The van der Waals surface area contributed by atoms with Crippen molar-refractivity contribution >= 4 is 0 Å². The second-order valence-corrected chi connectivity index (χ2v) is 1.35. The van der Waals surface area contributed by atoms with Crippen molar-refractivity contribution in [2.24, 2.45) is 0 Å². The molecule has 0 aliphatic carbocycles. The number of rotatable bonds is 2. The number of aryl methyl sites for hydroxylation is 1. The molecular weight excluding hydrogens is 109 g/mol. The van der Waals surface area contributed by atoms with E-state index in [0.717, 1.165) is 0 Å². The maximum Gasteiger partial charge on any atom is 0.137 e. The first kappa shape index (κ1) is 5.21. The molecule has 0 N–H and O–H groups in total. The topological polar surface area (TPSA) is 30.7 Å². The van der Waals surface area contributed by atoms with Crippen molar-refractivity contribution in [3.05, 3.63) is 12.7 Å². The SMILES string of the molecule is FCCn1cncn1. The lowest BCUT2D eigenvalue weighted by Crippen LogP contribution is -1.98. The van der Waals surface area contributed by atoms with Crippen LogP contribution in [0.25, 0.3) is 0 Å². The fourth-order valence-corrected chi connectivity index (χ4v) is 0.435. The summed E-state index contributed by atoms with van der Waals surface area (Å²) in [6, 6.07) is 0. The van der Waals surface area contributed by atoms with E-state index >= 15 is 0 Å². The van der Waals surface area contributed by atoms with Crippen molar-refractivity contribution < 1.29 is 4.39 Å². The van der Waals surface area contributed by atoms with Crippen LogP contribution in [0.1, 0.15) is 0 Å². The Morgan fingerprint density at radius 1 is 1.62 bits per heavy atom. The summed E-state index contributed by atoms with van der Waals surface area (Å²) in [5, 5.41) is 3.67. The van der Waals surface area contributed by atoms with Crippen LogP contribution in [0.15, 0.2) is 12.7 Å². The quantitative estimate of drug-likeness (QED) is 0.553. The highest BCUT2D eigenvalue weighted by atomic mass is 19.1. The molecule has 0 radical (unpaired) electrons. The van der Waals surface area contributed by atoms with Gasteiger partial charge in [-0.25, -0.2) is 9.37 Å². The van der Waals surface area contributed by atoms with E-state index in [0.29, 0.717) is 6.54 Å². The summed E-state index contributed by atoms with van der Waals surface area (Å²) < 4.78 is 12.9. The highest BCUT2D eigenvalue weighted by Crippen LogP contribution is 1.78. The van der Waals surface area contributed by atoms with Crippen LogP contribution in [0.2, 0.25) is 0 Å². The van der Waals surface area contributed by atoms with E-state index in [-0.39, 0.29) is 6.67 Å². The van der Waals surface area contributed by atoms with E-state index in [2.05, 4.69) is 10.1 Å². The van der Waals surface area contributed by atoms with Gasteiger partial charge in [-0.15, -0.1) is 0 Å². The summed E-state index contributed by atoms with van der Waals surface area (Å²) in [5.41, 5.74) is 0. The van der Waals surface area contributed by atoms with Gasteiger partial charge < -0.3 is 0 Å². The van der Waals surface area contributed by atoms with Gasteiger partial charge in [-0.05, 0) is 0 Å². The van der Waals surface area contributed by atoms with E-state index < -0.39 is 0 Å². The highest BCUT2D eigenvalue weighted by Gasteiger charge is 1.85. The molecule has 1 aromatic heterocycles. The molecule has 0 bridgehead atoms. The summed E-state index contributed by atoms with van der Waals surface area (Å²) in [5.74, 6) is 0. The van der Waals surface area contributed by atoms with Gasteiger partial charge in [0.05, 0.1) is 6.54 Å². The van der Waals surface area contributed by atoms with Crippen molar-refractivity contribution in [1.82, 2.24) is 14.8 Å². The fourth-order valence-electron chi connectivity index (χ4n) is 0.435. The zero-order valence-corrected chi connectivity index (χ0v) is 4.29. The van der Waals surface area contributed by atoms with Crippen LogP contribution in [0.3, 0.4) is 0 Å². The standard InChI is InChI=1S/C4H6FN3/c5-1-2-8-4-6-3-7-8/h3-4H,1-2H2. The van der Waals surface area contributed by atoms with Crippen LogP contribution < -0.4 is 0 Å². The molecule has 0 aliphatic heterocycles. The second kappa shape index (κ2) is 2.40. The average Bonchev–Trinajstić information content (AvgIpc) is 2.19. The summed E-state index contributed by atoms with van der Waals surface area (Å²) in [6.45, 7) is -0.0800. The molecular formula is C4H6FN3. The van der Waals surface area contributed by atoms with Gasteiger partial charge in [0.1, 0.15) is 19.3 Å². The second-order valence-electron chi connectivity index (χ2n) is 1.35.